The third-order valence-corrected chi connectivity index (χ3v) is 3.77. The number of hydrogen-bond donors (Lipinski definition) is 2. The van der Waals surface area contributed by atoms with E-state index in [-0.39, 0.29) is 35.3 Å². The Bertz CT molecular complexity index is 315. The number of guanidine groups is 1. The number of hydrogen-bond acceptors (Lipinski definition) is 3. The van der Waals surface area contributed by atoms with Gasteiger partial charge in [-0.2, -0.15) is 24.9 Å². The van der Waals surface area contributed by atoms with Gasteiger partial charge < -0.3 is 15.4 Å². The molecule has 0 aromatic carbocycles. The van der Waals surface area contributed by atoms with E-state index in [9.17, 15) is 13.2 Å². The lowest BCUT2D eigenvalue weighted by atomic mass is 10.2. The molecule has 4 nitrogen and oxygen atoms in total. The first kappa shape index (κ1) is 24.4. The van der Waals surface area contributed by atoms with Crippen LogP contribution in [0.4, 0.5) is 13.2 Å². The van der Waals surface area contributed by atoms with Gasteiger partial charge in [0.2, 0.25) is 0 Å². The number of alkyl halides is 3. The number of nitrogens with one attached hydrogen (secondary N) is 2. The van der Waals surface area contributed by atoms with Gasteiger partial charge in [0, 0.05) is 24.4 Å². The van der Waals surface area contributed by atoms with Crippen molar-refractivity contribution in [1.29, 1.82) is 0 Å². The second kappa shape index (κ2) is 12.5. The van der Waals surface area contributed by atoms with Gasteiger partial charge in [-0.3, -0.25) is 4.99 Å². The summed E-state index contributed by atoms with van der Waals surface area (Å²) in [5.41, 5.74) is 0. The lowest BCUT2D eigenvalue weighted by molar-refractivity contribution is -0.173. The summed E-state index contributed by atoms with van der Waals surface area (Å²) in [6, 6.07) is 0. The topological polar surface area (TPSA) is 45.7 Å². The fourth-order valence-electron chi connectivity index (χ4n) is 1.24. The van der Waals surface area contributed by atoms with E-state index in [1.54, 1.807) is 11.8 Å². The molecule has 0 saturated carbocycles. The van der Waals surface area contributed by atoms with Gasteiger partial charge in [-0.05, 0) is 33.4 Å². The first-order valence-corrected chi connectivity index (χ1v) is 8.14. The molecule has 0 rings (SSSR count). The van der Waals surface area contributed by atoms with Gasteiger partial charge in [0.15, 0.2) is 5.96 Å². The third kappa shape index (κ3) is 15.0. The van der Waals surface area contributed by atoms with Gasteiger partial charge in [0.25, 0.3) is 0 Å². The minimum Gasteiger partial charge on any atom is -0.372 e. The fraction of sp³-hybridized carbons (Fsp3) is 0.923. The standard InChI is InChI=1S/C13H26F3N3OS.HI/c1-5-17-11(19-9-12(2,3)21-4)18-7-6-8-20-10-13(14,15)16;/h5-10H2,1-4H3,(H2,17,18,19);1H. The third-order valence-electron chi connectivity index (χ3n) is 2.54. The summed E-state index contributed by atoms with van der Waals surface area (Å²) in [6.45, 7) is 6.97. The maximum absolute atomic E-state index is 11.9. The van der Waals surface area contributed by atoms with Crippen molar-refractivity contribution in [2.75, 3.05) is 39.1 Å². The van der Waals surface area contributed by atoms with E-state index in [4.69, 9.17) is 0 Å². The SMILES string of the molecule is CCNC(=NCC(C)(C)SC)NCCCOCC(F)(F)F.I. The highest BCUT2D eigenvalue weighted by Crippen LogP contribution is 2.20. The van der Waals surface area contributed by atoms with Gasteiger partial charge in [-0.25, -0.2) is 0 Å². The van der Waals surface area contributed by atoms with Crippen molar-refractivity contribution in [2.45, 2.75) is 38.1 Å². The van der Waals surface area contributed by atoms with E-state index in [1.165, 1.54) is 0 Å². The Hall–Kier alpha value is 0.1000. The van der Waals surface area contributed by atoms with E-state index in [0.717, 1.165) is 6.54 Å². The van der Waals surface area contributed by atoms with Crippen molar-refractivity contribution in [3.05, 3.63) is 0 Å². The highest BCUT2D eigenvalue weighted by Gasteiger charge is 2.27. The van der Waals surface area contributed by atoms with Crippen molar-refractivity contribution in [1.82, 2.24) is 10.6 Å². The van der Waals surface area contributed by atoms with Crippen LogP contribution in [0.25, 0.3) is 0 Å². The molecule has 0 aromatic rings. The van der Waals surface area contributed by atoms with Crippen LogP contribution >= 0.6 is 35.7 Å². The average Bonchev–Trinajstić information content (AvgIpc) is 2.38. The van der Waals surface area contributed by atoms with Crippen LogP contribution in [0.3, 0.4) is 0 Å². The summed E-state index contributed by atoms with van der Waals surface area (Å²) in [4.78, 5) is 4.47. The maximum atomic E-state index is 11.9. The Labute approximate surface area is 152 Å². The zero-order chi connectivity index (χ0) is 16.4. The minimum atomic E-state index is -4.26. The van der Waals surface area contributed by atoms with E-state index >= 15 is 0 Å². The lowest BCUT2D eigenvalue weighted by Gasteiger charge is -2.20. The molecular formula is C13H27F3IN3OS. The molecule has 0 saturated heterocycles. The molecule has 9 heteroatoms. The second-order valence-electron chi connectivity index (χ2n) is 5.11. The first-order chi connectivity index (χ1) is 9.70. The van der Waals surface area contributed by atoms with Crippen LogP contribution in [0.2, 0.25) is 0 Å². The summed E-state index contributed by atoms with van der Waals surface area (Å²) in [7, 11) is 0. The van der Waals surface area contributed by atoms with Crippen LogP contribution < -0.4 is 10.6 Å². The summed E-state index contributed by atoms with van der Waals surface area (Å²) in [5, 5.41) is 6.19. The molecule has 0 atom stereocenters. The number of aliphatic imine (C=N–C) groups is 1. The number of halogens is 4. The monoisotopic (exact) mass is 457 g/mol. The van der Waals surface area contributed by atoms with Gasteiger partial charge in [-0.15, -0.1) is 24.0 Å². The Morgan fingerprint density at radius 3 is 2.36 bits per heavy atom. The Morgan fingerprint density at radius 1 is 1.23 bits per heavy atom. The van der Waals surface area contributed by atoms with Crippen molar-refractivity contribution in [3.8, 4) is 0 Å². The van der Waals surface area contributed by atoms with Gasteiger partial charge >= 0.3 is 6.18 Å². The first-order valence-electron chi connectivity index (χ1n) is 6.92. The van der Waals surface area contributed by atoms with Crippen molar-refractivity contribution in [2.24, 2.45) is 4.99 Å². The summed E-state index contributed by atoms with van der Waals surface area (Å²) in [6.07, 6.45) is -1.73. The molecule has 0 aromatic heterocycles. The molecule has 2 N–H and O–H groups in total. The molecule has 0 aliphatic carbocycles. The van der Waals surface area contributed by atoms with Crippen LogP contribution in [0.1, 0.15) is 27.2 Å². The van der Waals surface area contributed by atoms with E-state index in [2.05, 4.69) is 34.2 Å². The molecule has 0 aliphatic rings. The molecule has 22 heavy (non-hydrogen) atoms. The summed E-state index contributed by atoms with van der Waals surface area (Å²) in [5.74, 6) is 0.676. The van der Waals surface area contributed by atoms with Crippen LogP contribution in [-0.4, -0.2) is 56.0 Å². The van der Waals surface area contributed by atoms with E-state index in [0.29, 0.717) is 25.5 Å². The zero-order valence-corrected chi connectivity index (χ0v) is 16.7. The van der Waals surface area contributed by atoms with E-state index < -0.39 is 12.8 Å². The Morgan fingerprint density at radius 2 is 1.86 bits per heavy atom. The number of ether oxygens (including phenoxy) is 1. The van der Waals surface area contributed by atoms with Crippen molar-refractivity contribution < 1.29 is 17.9 Å². The fourth-order valence-corrected chi connectivity index (χ4v) is 1.44. The van der Waals surface area contributed by atoms with Crippen LogP contribution in [0.15, 0.2) is 4.99 Å². The van der Waals surface area contributed by atoms with Crippen molar-refractivity contribution in [3.63, 3.8) is 0 Å². The molecule has 0 spiro atoms. The largest absolute Gasteiger partial charge is 0.411 e. The van der Waals surface area contributed by atoms with Gasteiger partial charge in [-0.1, -0.05) is 0 Å². The van der Waals surface area contributed by atoms with Crippen molar-refractivity contribution >= 4 is 41.7 Å². The highest BCUT2D eigenvalue weighted by atomic mass is 127. The number of rotatable bonds is 9. The van der Waals surface area contributed by atoms with Crippen LogP contribution in [0.5, 0.6) is 0 Å². The average molecular weight is 457 g/mol. The van der Waals surface area contributed by atoms with Gasteiger partial charge in [0.05, 0.1) is 6.54 Å². The minimum absolute atomic E-state index is 0. The predicted octanol–water partition coefficient (Wildman–Crippen LogP) is 3.27. The molecule has 0 unspecified atom stereocenters. The molecule has 0 aliphatic heterocycles. The van der Waals surface area contributed by atoms with Crippen LogP contribution in [-0.2, 0) is 4.74 Å². The van der Waals surface area contributed by atoms with Gasteiger partial charge in [0.1, 0.15) is 6.61 Å². The molecule has 0 radical (unpaired) electrons. The Balaban J connectivity index is 0. The smallest absolute Gasteiger partial charge is 0.372 e. The normalized spacial score (nSPS) is 12.8. The molecule has 0 bridgehead atoms. The van der Waals surface area contributed by atoms with Crippen LogP contribution in [0, 0.1) is 0 Å². The second-order valence-corrected chi connectivity index (χ2v) is 6.62. The lowest BCUT2D eigenvalue weighted by Crippen LogP contribution is -2.39. The predicted molar refractivity (Wildman–Crippen MR) is 98.5 cm³/mol. The molecular weight excluding hydrogens is 430 g/mol. The summed E-state index contributed by atoms with van der Waals surface area (Å²) < 4.78 is 40.2. The van der Waals surface area contributed by atoms with E-state index in [1.807, 2.05) is 13.2 Å². The maximum Gasteiger partial charge on any atom is 0.411 e. The highest BCUT2D eigenvalue weighted by molar-refractivity contribution is 14.0. The zero-order valence-electron chi connectivity index (χ0n) is 13.5. The Kier molecular flexibility index (Phi) is 13.9. The number of nitrogens with zero attached hydrogens (tertiary/aromatic N) is 1. The number of thioether (sulfide) groups is 1. The molecule has 0 fully saturated rings. The quantitative estimate of drug-likeness (QED) is 0.242. The molecule has 134 valence electrons. The summed E-state index contributed by atoms with van der Waals surface area (Å²) >= 11 is 1.74. The molecule has 0 amide bonds. The molecule has 0 heterocycles.